The molecule has 5 nitrogen and oxygen atoms in total. The summed E-state index contributed by atoms with van der Waals surface area (Å²) < 4.78 is 11.6. The van der Waals surface area contributed by atoms with Crippen molar-refractivity contribution in [2.24, 2.45) is 0 Å². The van der Waals surface area contributed by atoms with Crippen molar-refractivity contribution in [2.45, 2.75) is 6.92 Å². The van der Waals surface area contributed by atoms with Gasteiger partial charge in [0.2, 0.25) is 0 Å². The summed E-state index contributed by atoms with van der Waals surface area (Å²) in [6, 6.07) is 25.0. The van der Waals surface area contributed by atoms with E-state index < -0.39 is 0 Å². The Labute approximate surface area is 177 Å². The number of carbonyl (C=O) groups is 1. The molecule has 3 aromatic carbocycles. The lowest BCUT2D eigenvalue weighted by atomic mass is 10.1. The summed E-state index contributed by atoms with van der Waals surface area (Å²) in [4.78, 5) is 17.2. The van der Waals surface area contributed by atoms with Crippen LogP contribution in [0, 0.1) is 0 Å². The Hall–Kier alpha value is -3.47. The zero-order valence-electron chi connectivity index (χ0n) is 17.2. The van der Waals surface area contributed by atoms with E-state index in [0.29, 0.717) is 31.0 Å². The van der Waals surface area contributed by atoms with Gasteiger partial charge >= 0.3 is 0 Å². The minimum atomic E-state index is 0.0336. The molecule has 0 unspecified atom stereocenters. The first kappa shape index (κ1) is 19.8. The third-order valence-corrected chi connectivity index (χ3v) is 5.13. The van der Waals surface area contributed by atoms with Crippen molar-refractivity contribution in [1.29, 1.82) is 0 Å². The zero-order chi connectivity index (χ0) is 20.8. The second kappa shape index (κ2) is 9.35. The molecule has 0 atom stereocenters. The summed E-state index contributed by atoms with van der Waals surface area (Å²) in [6.07, 6.45) is 0. The molecule has 4 rings (SSSR count). The summed E-state index contributed by atoms with van der Waals surface area (Å²) in [7, 11) is 0. The SMILES string of the molecule is CCOc1ccccc1N1CCN(C(=O)c2cccc(Oc3ccccc3)c2)CC1. The van der Waals surface area contributed by atoms with Gasteiger partial charge in [-0.05, 0) is 49.4 Å². The van der Waals surface area contributed by atoms with Gasteiger partial charge in [0, 0.05) is 31.7 Å². The number of nitrogens with zero attached hydrogens (tertiary/aromatic N) is 2. The average molecular weight is 402 g/mol. The third kappa shape index (κ3) is 4.57. The van der Waals surface area contributed by atoms with Crippen LogP contribution in [0.3, 0.4) is 0 Å². The second-order valence-electron chi connectivity index (χ2n) is 7.12. The van der Waals surface area contributed by atoms with E-state index in [1.54, 1.807) is 0 Å². The van der Waals surface area contributed by atoms with Crippen molar-refractivity contribution >= 4 is 11.6 Å². The fraction of sp³-hybridized carbons (Fsp3) is 0.240. The molecule has 0 radical (unpaired) electrons. The third-order valence-electron chi connectivity index (χ3n) is 5.13. The van der Waals surface area contributed by atoms with Crippen LogP contribution in [0.25, 0.3) is 0 Å². The molecule has 0 saturated carbocycles. The number of anilines is 1. The molecule has 30 heavy (non-hydrogen) atoms. The Balaban J connectivity index is 1.41. The van der Waals surface area contributed by atoms with E-state index in [2.05, 4.69) is 11.0 Å². The molecule has 0 spiro atoms. The molecule has 3 aromatic rings. The highest BCUT2D eigenvalue weighted by Gasteiger charge is 2.24. The van der Waals surface area contributed by atoms with Gasteiger partial charge in [-0.3, -0.25) is 4.79 Å². The van der Waals surface area contributed by atoms with Crippen LogP contribution < -0.4 is 14.4 Å². The van der Waals surface area contributed by atoms with Gasteiger partial charge in [0.15, 0.2) is 0 Å². The number of amides is 1. The zero-order valence-corrected chi connectivity index (χ0v) is 17.2. The molecule has 1 aliphatic heterocycles. The highest BCUT2D eigenvalue weighted by atomic mass is 16.5. The van der Waals surface area contributed by atoms with E-state index in [4.69, 9.17) is 9.47 Å². The molecule has 1 amide bonds. The van der Waals surface area contributed by atoms with E-state index in [1.807, 2.05) is 84.6 Å². The van der Waals surface area contributed by atoms with Gasteiger partial charge in [-0.25, -0.2) is 0 Å². The number of hydrogen-bond acceptors (Lipinski definition) is 4. The second-order valence-corrected chi connectivity index (χ2v) is 7.12. The van der Waals surface area contributed by atoms with E-state index in [9.17, 15) is 4.79 Å². The number of para-hydroxylation sites is 3. The van der Waals surface area contributed by atoms with Crippen LogP contribution in [-0.2, 0) is 0 Å². The first-order valence-corrected chi connectivity index (χ1v) is 10.3. The lowest BCUT2D eigenvalue weighted by molar-refractivity contribution is 0.0746. The highest BCUT2D eigenvalue weighted by Crippen LogP contribution is 2.29. The first-order valence-electron chi connectivity index (χ1n) is 10.3. The number of piperazine rings is 1. The van der Waals surface area contributed by atoms with Crippen LogP contribution in [0.5, 0.6) is 17.2 Å². The molecule has 5 heteroatoms. The molecule has 0 aliphatic carbocycles. The highest BCUT2D eigenvalue weighted by molar-refractivity contribution is 5.94. The standard InChI is InChI=1S/C25H26N2O3/c1-2-29-24-14-7-6-13-23(24)26-15-17-27(18-16-26)25(28)20-9-8-12-22(19-20)30-21-10-4-3-5-11-21/h3-14,19H,2,15-18H2,1H3. The van der Waals surface area contributed by atoms with E-state index in [0.717, 1.165) is 30.3 Å². The van der Waals surface area contributed by atoms with E-state index >= 15 is 0 Å². The summed E-state index contributed by atoms with van der Waals surface area (Å²) in [5.41, 5.74) is 1.73. The Kier molecular flexibility index (Phi) is 6.18. The van der Waals surface area contributed by atoms with Gasteiger partial charge in [0.25, 0.3) is 5.91 Å². The number of hydrogen-bond donors (Lipinski definition) is 0. The molecule has 0 bridgehead atoms. The molecule has 154 valence electrons. The molecule has 1 aliphatic rings. The van der Waals surface area contributed by atoms with Crippen molar-refractivity contribution in [3.63, 3.8) is 0 Å². The Morgan fingerprint density at radius 1 is 0.833 bits per heavy atom. The molecule has 1 saturated heterocycles. The molecule has 1 heterocycles. The van der Waals surface area contributed by atoms with Gasteiger partial charge < -0.3 is 19.3 Å². The summed E-state index contributed by atoms with van der Waals surface area (Å²) in [6.45, 7) is 5.51. The van der Waals surface area contributed by atoms with Gasteiger partial charge in [0.1, 0.15) is 17.2 Å². The smallest absolute Gasteiger partial charge is 0.254 e. The van der Waals surface area contributed by atoms with Crippen molar-refractivity contribution in [2.75, 3.05) is 37.7 Å². The van der Waals surface area contributed by atoms with Crippen molar-refractivity contribution in [3.05, 3.63) is 84.4 Å². The maximum atomic E-state index is 13.0. The van der Waals surface area contributed by atoms with Crippen molar-refractivity contribution in [1.82, 2.24) is 4.90 Å². The quantitative estimate of drug-likeness (QED) is 0.592. The Morgan fingerprint density at radius 2 is 1.53 bits per heavy atom. The van der Waals surface area contributed by atoms with Crippen molar-refractivity contribution < 1.29 is 14.3 Å². The minimum absolute atomic E-state index is 0.0336. The van der Waals surface area contributed by atoms with Gasteiger partial charge in [-0.2, -0.15) is 0 Å². The van der Waals surface area contributed by atoms with Crippen LogP contribution >= 0.6 is 0 Å². The summed E-state index contributed by atoms with van der Waals surface area (Å²) in [5.74, 6) is 2.34. The van der Waals surface area contributed by atoms with Crippen molar-refractivity contribution in [3.8, 4) is 17.2 Å². The average Bonchev–Trinajstić information content (AvgIpc) is 2.80. The molecular weight excluding hydrogens is 376 g/mol. The molecule has 0 aromatic heterocycles. The number of carbonyl (C=O) groups excluding carboxylic acids is 1. The maximum Gasteiger partial charge on any atom is 0.254 e. The predicted molar refractivity (Wildman–Crippen MR) is 119 cm³/mol. The summed E-state index contributed by atoms with van der Waals surface area (Å²) >= 11 is 0. The Bertz CT molecular complexity index is 982. The Morgan fingerprint density at radius 3 is 2.30 bits per heavy atom. The van der Waals surface area contributed by atoms with E-state index in [-0.39, 0.29) is 5.91 Å². The van der Waals surface area contributed by atoms with Crippen LogP contribution in [0.15, 0.2) is 78.9 Å². The topological polar surface area (TPSA) is 42.0 Å². The lowest BCUT2D eigenvalue weighted by Crippen LogP contribution is -2.48. The lowest BCUT2D eigenvalue weighted by Gasteiger charge is -2.36. The normalized spacial score (nSPS) is 13.8. The number of ether oxygens (including phenoxy) is 2. The molecule has 1 fully saturated rings. The fourth-order valence-corrected chi connectivity index (χ4v) is 3.65. The van der Waals surface area contributed by atoms with Gasteiger partial charge in [-0.1, -0.05) is 36.4 Å². The van der Waals surface area contributed by atoms with Crippen LogP contribution in [0.2, 0.25) is 0 Å². The van der Waals surface area contributed by atoms with Crippen LogP contribution in [-0.4, -0.2) is 43.6 Å². The summed E-state index contributed by atoms with van der Waals surface area (Å²) in [5, 5.41) is 0. The maximum absolute atomic E-state index is 13.0. The molecular formula is C25H26N2O3. The monoisotopic (exact) mass is 402 g/mol. The number of rotatable bonds is 6. The first-order chi connectivity index (χ1) is 14.7. The molecule has 0 N–H and O–H groups in total. The van der Waals surface area contributed by atoms with Crippen LogP contribution in [0.4, 0.5) is 5.69 Å². The fourth-order valence-electron chi connectivity index (χ4n) is 3.65. The van der Waals surface area contributed by atoms with Gasteiger partial charge in [-0.15, -0.1) is 0 Å². The van der Waals surface area contributed by atoms with Gasteiger partial charge in [0.05, 0.1) is 12.3 Å². The predicted octanol–water partition coefficient (Wildman–Crippen LogP) is 4.84. The largest absolute Gasteiger partial charge is 0.492 e. The van der Waals surface area contributed by atoms with Crippen LogP contribution in [0.1, 0.15) is 17.3 Å². The van der Waals surface area contributed by atoms with E-state index in [1.165, 1.54) is 0 Å². The minimum Gasteiger partial charge on any atom is -0.492 e. The number of benzene rings is 3.